The summed E-state index contributed by atoms with van der Waals surface area (Å²) in [6, 6.07) is 12.5. The molecule has 3 rings (SSSR count). The fourth-order valence-corrected chi connectivity index (χ4v) is 2.53. The zero-order valence-corrected chi connectivity index (χ0v) is 15.2. The number of ether oxygens (including phenoxy) is 2. The maximum absolute atomic E-state index is 9.67. The van der Waals surface area contributed by atoms with Gasteiger partial charge in [-0.15, -0.1) is 0 Å². The van der Waals surface area contributed by atoms with Gasteiger partial charge < -0.3 is 14.6 Å². The van der Waals surface area contributed by atoms with Crippen molar-refractivity contribution in [2.45, 2.75) is 6.92 Å². The maximum atomic E-state index is 9.67. The van der Waals surface area contributed by atoms with E-state index in [1.807, 2.05) is 31.2 Å². The first-order valence-corrected chi connectivity index (χ1v) is 8.35. The van der Waals surface area contributed by atoms with E-state index in [1.54, 1.807) is 24.4 Å². The molecule has 2 aromatic carbocycles. The molecule has 0 amide bonds. The number of aromatic nitrogens is 3. The zero-order chi connectivity index (χ0) is 18.5. The van der Waals surface area contributed by atoms with Gasteiger partial charge in [-0.2, -0.15) is 14.9 Å². The lowest BCUT2D eigenvalue weighted by Crippen LogP contribution is -1.96. The van der Waals surface area contributed by atoms with Crippen LogP contribution in [0, 0.1) is 4.77 Å². The van der Waals surface area contributed by atoms with Crippen LogP contribution >= 0.6 is 12.2 Å². The third kappa shape index (κ3) is 3.75. The molecule has 0 atom stereocenters. The van der Waals surface area contributed by atoms with Crippen LogP contribution in [0.4, 0.5) is 0 Å². The van der Waals surface area contributed by atoms with Crippen molar-refractivity contribution in [1.29, 1.82) is 0 Å². The molecule has 7 nitrogen and oxygen atoms in total. The van der Waals surface area contributed by atoms with E-state index in [0.29, 0.717) is 23.0 Å². The van der Waals surface area contributed by atoms with Crippen LogP contribution in [0.3, 0.4) is 0 Å². The van der Waals surface area contributed by atoms with Crippen molar-refractivity contribution in [3.63, 3.8) is 0 Å². The fraction of sp³-hybridized carbons (Fsp3) is 0.167. The normalized spacial score (nSPS) is 11.0. The van der Waals surface area contributed by atoms with Crippen LogP contribution in [0.15, 0.2) is 47.6 Å². The number of nitrogens with zero attached hydrogens (tertiary/aromatic N) is 3. The number of rotatable bonds is 6. The maximum Gasteiger partial charge on any atom is 0.216 e. The molecule has 0 aliphatic heterocycles. The molecule has 1 aromatic heterocycles. The zero-order valence-electron chi connectivity index (χ0n) is 14.3. The van der Waals surface area contributed by atoms with E-state index in [1.165, 1.54) is 11.8 Å². The molecule has 134 valence electrons. The monoisotopic (exact) mass is 370 g/mol. The molecule has 0 aliphatic rings. The number of nitrogens with one attached hydrogen (secondary N) is 1. The molecule has 26 heavy (non-hydrogen) atoms. The van der Waals surface area contributed by atoms with Gasteiger partial charge in [0.15, 0.2) is 17.3 Å². The minimum absolute atomic E-state index is 0.0691. The molecule has 0 radical (unpaired) electrons. The van der Waals surface area contributed by atoms with Gasteiger partial charge in [0.25, 0.3) is 0 Å². The van der Waals surface area contributed by atoms with Crippen molar-refractivity contribution in [2.24, 2.45) is 5.10 Å². The number of phenols is 1. The molecule has 3 aromatic rings. The molecule has 0 saturated heterocycles. The lowest BCUT2D eigenvalue weighted by molar-refractivity contribution is 0.340. The van der Waals surface area contributed by atoms with E-state index in [2.05, 4.69) is 15.3 Å². The van der Waals surface area contributed by atoms with E-state index in [9.17, 15) is 5.11 Å². The SMILES string of the molecule is CCOc1ccc(-c2n[nH]c(=S)n2/N=C/c2ccc(O)c(OC)c2)cc1. The fourth-order valence-electron chi connectivity index (χ4n) is 2.35. The van der Waals surface area contributed by atoms with Gasteiger partial charge in [0.05, 0.1) is 19.9 Å². The summed E-state index contributed by atoms with van der Waals surface area (Å²) in [4.78, 5) is 0. The lowest BCUT2D eigenvalue weighted by atomic mass is 10.2. The number of hydrogen-bond acceptors (Lipinski definition) is 6. The van der Waals surface area contributed by atoms with Crippen LogP contribution in [0.25, 0.3) is 11.4 Å². The molecule has 0 fully saturated rings. The first kappa shape index (κ1) is 17.7. The highest BCUT2D eigenvalue weighted by Gasteiger charge is 2.08. The van der Waals surface area contributed by atoms with Crippen molar-refractivity contribution in [1.82, 2.24) is 14.9 Å². The number of H-pyrrole nitrogens is 1. The Morgan fingerprint density at radius 1 is 1.27 bits per heavy atom. The molecule has 1 heterocycles. The molecule has 8 heteroatoms. The van der Waals surface area contributed by atoms with Gasteiger partial charge in [0.1, 0.15) is 5.75 Å². The van der Waals surface area contributed by atoms with Crippen molar-refractivity contribution >= 4 is 18.4 Å². The van der Waals surface area contributed by atoms with Crippen LogP contribution in [0.2, 0.25) is 0 Å². The van der Waals surface area contributed by atoms with Gasteiger partial charge in [-0.1, -0.05) is 0 Å². The lowest BCUT2D eigenvalue weighted by Gasteiger charge is -2.05. The minimum atomic E-state index is 0.0691. The highest BCUT2D eigenvalue weighted by molar-refractivity contribution is 7.71. The molecule has 0 unspecified atom stereocenters. The second kappa shape index (κ2) is 7.83. The largest absolute Gasteiger partial charge is 0.504 e. The average molecular weight is 370 g/mol. The Morgan fingerprint density at radius 2 is 2.04 bits per heavy atom. The number of phenolic OH excluding ortho intramolecular Hbond substituents is 1. The molecular formula is C18H18N4O3S. The number of aromatic amines is 1. The van der Waals surface area contributed by atoms with Crippen molar-refractivity contribution < 1.29 is 14.6 Å². The highest BCUT2D eigenvalue weighted by atomic mass is 32.1. The van der Waals surface area contributed by atoms with Gasteiger partial charge in [0.2, 0.25) is 4.77 Å². The Bertz CT molecular complexity index is 977. The molecule has 0 spiro atoms. The molecular weight excluding hydrogens is 352 g/mol. The van der Waals surface area contributed by atoms with Crippen LogP contribution in [0.5, 0.6) is 17.2 Å². The molecule has 0 bridgehead atoms. The summed E-state index contributed by atoms with van der Waals surface area (Å²) in [5.74, 6) is 1.81. The van der Waals surface area contributed by atoms with Crippen molar-refractivity contribution in [3.8, 4) is 28.6 Å². The Labute approximate surface area is 155 Å². The van der Waals surface area contributed by atoms with Crippen LogP contribution < -0.4 is 9.47 Å². The number of aromatic hydroxyl groups is 1. The number of hydrogen-bond donors (Lipinski definition) is 2. The Balaban J connectivity index is 1.92. The predicted molar refractivity (Wildman–Crippen MR) is 102 cm³/mol. The Kier molecular flexibility index (Phi) is 5.33. The summed E-state index contributed by atoms with van der Waals surface area (Å²) in [7, 11) is 1.49. The number of benzene rings is 2. The quantitative estimate of drug-likeness (QED) is 0.511. The Morgan fingerprint density at radius 3 is 2.73 bits per heavy atom. The molecule has 2 N–H and O–H groups in total. The van der Waals surface area contributed by atoms with E-state index in [0.717, 1.165) is 16.9 Å². The topological polar surface area (TPSA) is 84.7 Å². The third-order valence-electron chi connectivity index (χ3n) is 3.60. The summed E-state index contributed by atoms with van der Waals surface area (Å²) in [6.45, 7) is 2.55. The predicted octanol–water partition coefficient (Wildman–Crippen LogP) is 3.60. The second-order valence-corrected chi connectivity index (χ2v) is 5.68. The van der Waals surface area contributed by atoms with Crippen LogP contribution in [0.1, 0.15) is 12.5 Å². The van der Waals surface area contributed by atoms with E-state index < -0.39 is 0 Å². The van der Waals surface area contributed by atoms with E-state index >= 15 is 0 Å². The smallest absolute Gasteiger partial charge is 0.216 e. The third-order valence-corrected chi connectivity index (χ3v) is 3.86. The van der Waals surface area contributed by atoms with Crippen LogP contribution in [-0.2, 0) is 0 Å². The van der Waals surface area contributed by atoms with Gasteiger partial charge in [-0.3, -0.25) is 0 Å². The highest BCUT2D eigenvalue weighted by Crippen LogP contribution is 2.26. The van der Waals surface area contributed by atoms with E-state index in [-0.39, 0.29) is 5.75 Å². The second-order valence-electron chi connectivity index (χ2n) is 5.30. The molecule has 0 saturated carbocycles. The first-order chi connectivity index (χ1) is 12.6. The minimum Gasteiger partial charge on any atom is -0.504 e. The summed E-state index contributed by atoms with van der Waals surface area (Å²) in [6.07, 6.45) is 1.62. The summed E-state index contributed by atoms with van der Waals surface area (Å²) >= 11 is 5.27. The summed E-state index contributed by atoms with van der Waals surface area (Å²) in [5, 5.41) is 21.1. The van der Waals surface area contributed by atoms with E-state index in [4.69, 9.17) is 21.7 Å². The van der Waals surface area contributed by atoms with Gasteiger partial charge >= 0.3 is 0 Å². The average Bonchev–Trinajstić information content (AvgIpc) is 3.02. The first-order valence-electron chi connectivity index (χ1n) is 7.94. The van der Waals surface area contributed by atoms with Gasteiger partial charge in [0, 0.05) is 5.56 Å². The molecule has 0 aliphatic carbocycles. The number of methoxy groups -OCH3 is 1. The summed E-state index contributed by atoms with van der Waals surface area (Å²) in [5.41, 5.74) is 1.60. The summed E-state index contributed by atoms with van der Waals surface area (Å²) < 4.78 is 12.5. The van der Waals surface area contributed by atoms with Gasteiger partial charge in [-0.25, -0.2) is 5.10 Å². The van der Waals surface area contributed by atoms with Gasteiger partial charge in [-0.05, 0) is 67.2 Å². The standard InChI is InChI=1S/C18H18N4O3S/c1-3-25-14-7-5-13(6-8-14)17-20-21-18(26)22(17)19-11-12-4-9-15(23)16(10-12)24-2/h4-11,23H,3H2,1-2H3,(H,21,26)/b19-11+. The van der Waals surface area contributed by atoms with Crippen molar-refractivity contribution in [3.05, 3.63) is 52.8 Å². The van der Waals surface area contributed by atoms with Crippen molar-refractivity contribution in [2.75, 3.05) is 13.7 Å². The van der Waals surface area contributed by atoms with Crippen LogP contribution in [-0.4, -0.2) is 39.9 Å². The Hall–Kier alpha value is -3.13.